The zero-order valence-electron chi connectivity index (χ0n) is 10.4. The summed E-state index contributed by atoms with van der Waals surface area (Å²) in [4.78, 5) is 38.0. The maximum absolute atomic E-state index is 11.6. The topological polar surface area (TPSA) is 97.4 Å². The standard InChI is InChI=1S/C12H12ClN3O4/c13-10-8(2-1-5-14-10)11(18)20-6-9(17)16-12(19)15-7-3-4-7/h1-2,5,7H,3-4,6H2,(H2,15,16,17,19). The zero-order valence-corrected chi connectivity index (χ0v) is 11.1. The number of carbonyl (C=O) groups excluding carboxylic acids is 3. The fraction of sp³-hybridized carbons (Fsp3) is 0.333. The van der Waals surface area contributed by atoms with Gasteiger partial charge in [-0.1, -0.05) is 11.6 Å². The molecule has 7 nitrogen and oxygen atoms in total. The van der Waals surface area contributed by atoms with E-state index in [1.807, 2.05) is 0 Å². The third-order valence-electron chi connectivity index (χ3n) is 2.48. The van der Waals surface area contributed by atoms with Gasteiger partial charge in [-0.2, -0.15) is 0 Å². The fourth-order valence-corrected chi connectivity index (χ4v) is 1.56. The molecule has 0 saturated heterocycles. The number of hydrogen-bond donors (Lipinski definition) is 2. The summed E-state index contributed by atoms with van der Waals surface area (Å²) in [5.41, 5.74) is 0.0596. The van der Waals surface area contributed by atoms with Gasteiger partial charge in [0.25, 0.3) is 5.91 Å². The van der Waals surface area contributed by atoms with Gasteiger partial charge in [0.1, 0.15) is 5.15 Å². The van der Waals surface area contributed by atoms with Crippen molar-refractivity contribution in [3.05, 3.63) is 29.0 Å². The molecular formula is C12H12ClN3O4. The molecule has 0 atom stereocenters. The maximum Gasteiger partial charge on any atom is 0.341 e. The van der Waals surface area contributed by atoms with Crippen molar-refractivity contribution in [2.75, 3.05) is 6.61 Å². The maximum atomic E-state index is 11.6. The Morgan fingerprint density at radius 3 is 2.80 bits per heavy atom. The van der Waals surface area contributed by atoms with Gasteiger partial charge in [-0.15, -0.1) is 0 Å². The number of hydrogen-bond acceptors (Lipinski definition) is 5. The first-order valence-electron chi connectivity index (χ1n) is 5.94. The minimum atomic E-state index is -0.777. The molecule has 1 heterocycles. The van der Waals surface area contributed by atoms with Gasteiger partial charge in [-0.3, -0.25) is 10.1 Å². The average molecular weight is 298 g/mol. The highest BCUT2D eigenvalue weighted by atomic mass is 35.5. The number of nitrogens with zero attached hydrogens (tertiary/aromatic N) is 1. The summed E-state index contributed by atoms with van der Waals surface area (Å²) >= 11 is 5.71. The summed E-state index contributed by atoms with van der Waals surface area (Å²) in [6.45, 7) is -0.567. The molecule has 1 aromatic heterocycles. The molecule has 0 bridgehead atoms. The predicted octanol–water partition coefficient (Wildman–Crippen LogP) is 0.880. The second kappa shape index (κ2) is 6.33. The summed E-state index contributed by atoms with van der Waals surface area (Å²) in [7, 11) is 0. The normalized spacial score (nSPS) is 13.4. The van der Waals surface area contributed by atoms with E-state index in [-0.39, 0.29) is 16.8 Å². The molecule has 1 fully saturated rings. The number of halogens is 1. The smallest absolute Gasteiger partial charge is 0.341 e. The largest absolute Gasteiger partial charge is 0.452 e. The first-order valence-corrected chi connectivity index (χ1v) is 6.32. The van der Waals surface area contributed by atoms with E-state index in [9.17, 15) is 14.4 Å². The minimum Gasteiger partial charge on any atom is -0.452 e. The first kappa shape index (κ1) is 14.3. The van der Waals surface area contributed by atoms with E-state index in [0.717, 1.165) is 12.8 Å². The van der Waals surface area contributed by atoms with Gasteiger partial charge in [0.2, 0.25) is 0 Å². The molecule has 1 aliphatic carbocycles. The second-order valence-electron chi connectivity index (χ2n) is 4.21. The van der Waals surface area contributed by atoms with E-state index in [4.69, 9.17) is 16.3 Å². The van der Waals surface area contributed by atoms with E-state index in [1.54, 1.807) is 0 Å². The van der Waals surface area contributed by atoms with Crippen LogP contribution in [0.1, 0.15) is 23.2 Å². The number of ether oxygens (including phenoxy) is 1. The Morgan fingerprint density at radius 1 is 1.40 bits per heavy atom. The van der Waals surface area contributed by atoms with Crippen LogP contribution in [0.3, 0.4) is 0 Å². The molecular weight excluding hydrogens is 286 g/mol. The van der Waals surface area contributed by atoms with Gasteiger partial charge in [-0.25, -0.2) is 14.6 Å². The molecule has 1 aliphatic rings. The molecule has 3 amide bonds. The van der Waals surface area contributed by atoms with E-state index >= 15 is 0 Å². The molecule has 8 heteroatoms. The van der Waals surface area contributed by atoms with Gasteiger partial charge in [0.15, 0.2) is 6.61 Å². The minimum absolute atomic E-state index is 0.00983. The van der Waals surface area contributed by atoms with Crippen molar-refractivity contribution < 1.29 is 19.1 Å². The van der Waals surface area contributed by atoms with Crippen LogP contribution in [-0.4, -0.2) is 35.5 Å². The highest BCUT2D eigenvalue weighted by Gasteiger charge is 2.24. The summed E-state index contributed by atoms with van der Waals surface area (Å²) in [5.74, 6) is -1.49. The predicted molar refractivity (Wildman–Crippen MR) is 69.2 cm³/mol. The van der Waals surface area contributed by atoms with Gasteiger partial charge in [0, 0.05) is 12.2 Å². The van der Waals surface area contributed by atoms with E-state index in [2.05, 4.69) is 15.6 Å². The molecule has 20 heavy (non-hydrogen) atoms. The van der Waals surface area contributed by atoms with Crippen molar-refractivity contribution in [2.24, 2.45) is 0 Å². The van der Waals surface area contributed by atoms with Crippen molar-refractivity contribution in [3.8, 4) is 0 Å². The van der Waals surface area contributed by atoms with E-state index in [0.29, 0.717) is 0 Å². The number of pyridine rings is 1. The van der Waals surface area contributed by atoms with E-state index in [1.165, 1.54) is 18.3 Å². The molecule has 0 aromatic carbocycles. The average Bonchev–Trinajstić information content (AvgIpc) is 3.20. The Morgan fingerprint density at radius 2 is 2.15 bits per heavy atom. The highest BCUT2D eigenvalue weighted by Crippen LogP contribution is 2.18. The van der Waals surface area contributed by atoms with Crippen LogP contribution >= 0.6 is 11.6 Å². The second-order valence-corrected chi connectivity index (χ2v) is 4.57. The van der Waals surface area contributed by atoms with Crippen LogP contribution in [0, 0.1) is 0 Å². The Balaban J connectivity index is 1.76. The Bertz CT molecular complexity index is 545. The van der Waals surface area contributed by atoms with Gasteiger partial charge < -0.3 is 10.1 Å². The number of rotatable bonds is 4. The van der Waals surface area contributed by atoms with Crippen LogP contribution < -0.4 is 10.6 Å². The number of carbonyl (C=O) groups is 3. The highest BCUT2D eigenvalue weighted by molar-refractivity contribution is 6.32. The fourth-order valence-electron chi connectivity index (χ4n) is 1.36. The Kier molecular flexibility index (Phi) is 4.52. The molecule has 0 spiro atoms. The lowest BCUT2D eigenvalue weighted by Gasteiger charge is -2.07. The summed E-state index contributed by atoms with van der Waals surface area (Å²) < 4.78 is 4.74. The van der Waals surface area contributed by atoms with Crippen LogP contribution in [0.25, 0.3) is 0 Å². The summed E-state index contributed by atoms with van der Waals surface area (Å²) in [6.07, 6.45) is 3.25. The van der Waals surface area contributed by atoms with Crippen molar-refractivity contribution >= 4 is 29.5 Å². The lowest BCUT2D eigenvalue weighted by atomic mass is 10.3. The van der Waals surface area contributed by atoms with Crippen molar-refractivity contribution in [3.63, 3.8) is 0 Å². The lowest BCUT2D eigenvalue weighted by molar-refractivity contribution is -0.123. The summed E-state index contributed by atoms with van der Waals surface area (Å²) in [6, 6.07) is 2.49. The van der Waals surface area contributed by atoms with E-state index < -0.39 is 24.5 Å². The van der Waals surface area contributed by atoms with Crippen LogP contribution in [0.5, 0.6) is 0 Å². The number of urea groups is 1. The monoisotopic (exact) mass is 297 g/mol. The molecule has 0 radical (unpaired) electrons. The third kappa shape index (κ3) is 4.20. The number of amides is 3. The summed E-state index contributed by atoms with van der Waals surface area (Å²) in [5, 5.41) is 4.62. The van der Waals surface area contributed by atoms with Crippen LogP contribution in [0.2, 0.25) is 5.15 Å². The number of nitrogens with one attached hydrogen (secondary N) is 2. The van der Waals surface area contributed by atoms with Gasteiger partial charge in [0.05, 0.1) is 5.56 Å². The molecule has 0 unspecified atom stereocenters. The Hall–Kier alpha value is -2.15. The zero-order chi connectivity index (χ0) is 14.5. The molecule has 2 rings (SSSR count). The lowest BCUT2D eigenvalue weighted by Crippen LogP contribution is -2.42. The van der Waals surface area contributed by atoms with Gasteiger partial charge in [-0.05, 0) is 25.0 Å². The van der Waals surface area contributed by atoms with Crippen LogP contribution in [0.15, 0.2) is 18.3 Å². The molecule has 106 valence electrons. The number of esters is 1. The SMILES string of the molecule is O=C(COC(=O)c1cccnc1Cl)NC(=O)NC1CC1. The Labute approximate surface area is 119 Å². The third-order valence-corrected chi connectivity index (χ3v) is 2.78. The number of imide groups is 1. The molecule has 1 aromatic rings. The van der Waals surface area contributed by atoms with Crippen LogP contribution in [-0.2, 0) is 9.53 Å². The first-order chi connectivity index (χ1) is 9.56. The van der Waals surface area contributed by atoms with Crippen molar-refractivity contribution in [1.82, 2.24) is 15.6 Å². The van der Waals surface area contributed by atoms with Crippen LogP contribution in [0.4, 0.5) is 4.79 Å². The number of aromatic nitrogens is 1. The molecule has 1 saturated carbocycles. The molecule has 2 N–H and O–H groups in total. The molecule has 0 aliphatic heterocycles. The quantitative estimate of drug-likeness (QED) is 0.635. The van der Waals surface area contributed by atoms with Gasteiger partial charge >= 0.3 is 12.0 Å². The van der Waals surface area contributed by atoms with Crippen molar-refractivity contribution in [2.45, 2.75) is 18.9 Å². The van der Waals surface area contributed by atoms with Crippen molar-refractivity contribution in [1.29, 1.82) is 0 Å².